The Bertz CT molecular complexity index is 588. The van der Waals surface area contributed by atoms with Crippen molar-refractivity contribution in [2.24, 2.45) is 11.7 Å². The molecule has 110 valence electrons. The molecule has 0 aromatic carbocycles. The van der Waals surface area contributed by atoms with E-state index in [-0.39, 0.29) is 17.5 Å². The molecule has 2 aliphatic rings. The van der Waals surface area contributed by atoms with E-state index in [1.54, 1.807) is 22.6 Å². The smallest absolute Gasteiger partial charge is 0.245 e. The Hall–Kier alpha value is -0.980. The Kier molecular flexibility index (Phi) is 3.79. The Balaban J connectivity index is 1.98. The van der Waals surface area contributed by atoms with Gasteiger partial charge in [0.25, 0.3) is 0 Å². The minimum atomic E-state index is -3.47. The largest absolute Gasteiger partial charge is 0.325 e. The molecular formula is C14H21N3O2S. The highest BCUT2D eigenvalue weighted by molar-refractivity contribution is 7.89. The SMILES string of the molecule is NCc1ncccc1S(=O)(=O)N1CCCC2CCCC21. The summed E-state index contributed by atoms with van der Waals surface area (Å²) >= 11 is 0. The number of pyridine rings is 1. The number of hydrogen-bond acceptors (Lipinski definition) is 4. The lowest BCUT2D eigenvalue weighted by molar-refractivity contribution is 0.202. The topological polar surface area (TPSA) is 76.3 Å². The molecule has 20 heavy (non-hydrogen) atoms. The van der Waals surface area contributed by atoms with Crippen molar-refractivity contribution in [2.45, 2.75) is 49.6 Å². The number of hydrogen-bond donors (Lipinski definition) is 1. The Morgan fingerprint density at radius 1 is 1.30 bits per heavy atom. The number of rotatable bonds is 3. The van der Waals surface area contributed by atoms with Crippen molar-refractivity contribution >= 4 is 10.0 Å². The first-order chi connectivity index (χ1) is 9.64. The highest BCUT2D eigenvalue weighted by atomic mass is 32.2. The van der Waals surface area contributed by atoms with Crippen LogP contribution in [0.3, 0.4) is 0 Å². The summed E-state index contributed by atoms with van der Waals surface area (Å²) in [6, 6.07) is 3.48. The van der Waals surface area contributed by atoms with Gasteiger partial charge in [0, 0.05) is 25.3 Å². The van der Waals surface area contributed by atoms with E-state index in [0.29, 0.717) is 18.2 Å². The predicted molar refractivity (Wildman–Crippen MR) is 76.4 cm³/mol. The van der Waals surface area contributed by atoms with Crippen molar-refractivity contribution in [1.82, 2.24) is 9.29 Å². The summed E-state index contributed by atoms with van der Waals surface area (Å²) in [6.07, 6.45) is 7.00. The Morgan fingerprint density at radius 2 is 2.10 bits per heavy atom. The van der Waals surface area contributed by atoms with Crippen LogP contribution in [0.5, 0.6) is 0 Å². The van der Waals surface area contributed by atoms with Crippen LogP contribution in [0.25, 0.3) is 0 Å². The highest BCUT2D eigenvalue weighted by Crippen LogP contribution is 2.39. The molecule has 1 aromatic rings. The molecule has 1 aromatic heterocycles. The summed E-state index contributed by atoms with van der Waals surface area (Å²) in [5.41, 5.74) is 6.10. The van der Waals surface area contributed by atoms with Crippen molar-refractivity contribution < 1.29 is 8.42 Å². The maximum atomic E-state index is 12.9. The minimum absolute atomic E-state index is 0.150. The van der Waals surface area contributed by atoms with Gasteiger partial charge in [-0.1, -0.05) is 6.42 Å². The van der Waals surface area contributed by atoms with Crippen LogP contribution in [0, 0.1) is 5.92 Å². The Labute approximate surface area is 120 Å². The van der Waals surface area contributed by atoms with E-state index in [4.69, 9.17) is 5.73 Å². The van der Waals surface area contributed by atoms with Crippen molar-refractivity contribution in [3.8, 4) is 0 Å². The van der Waals surface area contributed by atoms with E-state index in [1.807, 2.05) is 0 Å². The molecule has 2 fully saturated rings. The molecule has 0 radical (unpaired) electrons. The van der Waals surface area contributed by atoms with Crippen LogP contribution >= 0.6 is 0 Å². The van der Waals surface area contributed by atoms with Crippen molar-refractivity contribution in [1.29, 1.82) is 0 Å². The molecule has 3 rings (SSSR count). The number of fused-ring (bicyclic) bond motifs is 1. The molecular weight excluding hydrogens is 274 g/mol. The molecule has 1 aliphatic heterocycles. The van der Waals surface area contributed by atoms with Gasteiger partial charge in [-0.2, -0.15) is 4.31 Å². The summed E-state index contributed by atoms with van der Waals surface area (Å²) in [5, 5.41) is 0. The van der Waals surface area contributed by atoms with Gasteiger partial charge < -0.3 is 5.73 Å². The van der Waals surface area contributed by atoms with E-state index in [1.165, 1.54) is 0 Å². The number of sulfonamides is 1. The standard InChI is InChI=1S/C14H21N3O2S/c15-10-12-14(7-2-8-16-12)20(18,19)17-9-3-5-11-4-1-6-13(11)17/h2,7-8,11,13H,1,3-6,9-10,15H2. The number of aromatic nitrogens is 1. The summed E-state index contributed by atoms with van der Waals surface area (Å²) in [7, 11) is -3.47. The average Bonchev–Trinajstić information content (AvgIpc) is 2.95. The average molecular weight is 295 g/mol. The molecule has 1 saturated heterocycles. The monoisotopic (exact) mass is 295 g/mol. The Morgan fingerprint density at radius 3 is 2.90 bits per heavy atom. The lowest BCUT2D eigenvalue weighted by atomic mass is 9.94. The second-order valence-corrected chi connectivity index (χ2v) is 7.53. The van der Waals surface area contributed by atoms with Crippen molar-refractivity contribution in [3.63, 3.8) is 0 Å². The minimum Gasteiger partial charge on any atom is -0.325 e. The zero-order valence-corrected chi connectivity index (χ0v) is 12.3. The summed E-state index contributed by atoms with van der Waals surface area (Å²) < 4.78 is 27.6. The lowest BCUT2D eigenvalue weighted by Gasteiger charge is -2.36. The predicted octanol–water partition coefficient (Wildman–Crippen LogP) is 1.49. The van der Waals surface area contributed by atoms with E-state index in [9.17, 15) is 8.42 Å². The molecule has 0 spiro atoms. The highest BCUT2D eigenvalue weighted by Gasteiger charge is 2.41. The van der Waals surface area contributed by atoms with Gasteiger partial charge in [0.05, 0.1) is 5.69 Å². The van der Waals surface area contributed by atoms with E-state index < -0.39 is 10.0 Å². The molecule has 6 heteroatoms. The second-order valence-electron chi connectivity index (χ2n) is 5.67. The first-order valence-corrected chi connectivity index (χ1v) is 8.74. The quantitative estimate of drug-likeness (QED) is 0.916. The van der Waals surface area contributed by atoms with Gasteiger partial charge in [0.15, 0.2) is 0 Å². The van der Waals surface area contributed by atoms with Crippen molar-refractivity contribution in [3.05, 3.63) is 24.0 Å². The molecule has 2 unspecified atom stereocenters. The van der Waals surface area contributed by atoms with E-state index in [2.05, 4.69) is 4.98 Å². The van der Waals surface area contributed by atoms with Gasteiger partial charge in [0.1, 0.15) is 4.90 Å². The van der Waals surface area contributed by atoms with Crippen LogP contribution in [0.2, 0.25) is 0 Å². The third-order valence-electron chi connectivity index (χ3n) is 4.57. The third kappa shape index (κ3) is 2.25. The molecule has 5 nitrogen and oxygen atoms in total. The fraction of sp³-hybridized carbons (Fsp3) is 0.643. The maximum absolute atomic E-state index is 12.9. The first kappa shape index (κ1) is 14.0. The molecule has 2 heterocycles. The van der Waals surface area contributed by atoms with E-state index >= 15 is 0 Å². The molecule has 1 aliphatic carbocycles. The fourth-order valence-electron chi connectivity index (χ4n) is 3.64. The van der Waals surface area contributed by atoms with Gasteiger partial charge in [-0.05, 0) is 43.7 Å². The summed E-state index contributed by atoms with van der Waals surface area (Å²) in [6.45, 7) is 0.778. The van der Waals surface area contributed by atoms with Gasteiger partial charge in [-0.25, -0.2) is 8.42 Å². The zero-order chi connectivity index (χ0) is 14.2. The summed E-state index contributed by atoms with van der Waals surface area (Å²) in [5.74, 6) is 0.538. The number of nitrogens with zero attached hydrogens (tertiary/aromatic N) is 2. The third-order valence-corrected chi connectivity index (χ3v) is 6.57. The summed E-state index contributed by atoms with van der Waals surface area (Å²) in [4.78, 5) is 4.40. The van der Waals surface area contributed by atoms with Gasteiger partial charge in [-0.15, -0.1) is 0 Å². The van der Waals surface area contributed by atoms with Crippen LogP contribution in [-0.2, 0) is 16.6 Å². The molecule has 0 bridgehead atoms. The van der Waals surface area contributed by atoms with Crippen LogP contribution in [-0.4, -0.2) is 30.3 Å². The lowest BCUT2D eigenvalue weighted by Crippen LogP contribution is -2.46. The fourth-order valence-corrected chi connectivity index (χ4v) is 5.58. The van der Waals surface area contributed by atoms with Crippen LogP contribution in [0.15, 0.2) is 23.2 Å². The van der Waals surface area contributed by atoms with Crippen molar-refractivity contribution in [2.75, 3.05) is 6.54 Å². The van der Waals surface area contributed by atoms with Gasteiger partial charge in [-0.3, -0.25) is 4.98 Å². The van der Waals surface area contributed by atoms with Gasteiger partial charge >= 0.3 is 0 Å². The van der Waals surface area contributed by atoms with Crippen LogP contribution in [0.4, 0.5) is 0 Å². The molecule has 2 N–H and O–H groups in total. The first-order valence-electron chi connectivity index (χ1n) is 7.30. The molecule has 2 atom stereocenters. The van der Waals surface area contributed by atoms with E-state index in [0.717, 1.165) is 32.1 Å². The number of nitrogens with two attached hydrogens (primary N) is 1. The molecule has 0 amide bonds. The molecule has 1 saturated carbocycles. The zero-order valence-electron chi connectivity index (χ0n) is 11.5. The maximum Gasteiger partial charge on any atom is 0.245 e. The normalized spacial score (nSPS) is 27.4. The number of piperidine rings is 1. The second kappa shape index (κ2) is 5.42. The van der Waals surface area contributed by atoms with Crippen LogP contribution < -0.4 is 5.73 Å². The van der Waals surface area contributed by atoms with Crippen LogP contribution in [0.1, 0.15) is 37.8 Å². The van der Waals surface area contributed by atoms with Gasteiger partial charge in [0.2, 0.25) is 10.0 Å².